The highest BCUT2D eigenvalue weighted by Crippen LogP contribution is 2.26. The normalized spacial score (nSPS) is 22.8. The summed E-state index contributed by atoms with van der Waals surface area (Å²) in [6.07, 6.45) is 2.62. The Balaban J connectivity index is 1.96. The lowest BCUT2D eigenvalue weighted by atomic mass is 10.1. The van der Waals surface area contributed by atoms with Crippen LogP contribution in [0.25, 0.3) is 0 Å². The molecular weight excluding hydrogens is 228 g/mol. The Morgan fingerprint density at radius 3 is 3.00 bits per heavy atom. The highest BCUT2D eigenvalue weighted by molar-refractivity contribution is 5.92. The molecular formula is C14H20N2O2. The Bertz CT molecular complexity index is 420. The number of rotatable bonds is 4. The van der Waals surface area contributed by atoms with Gasteiger partial charge in [-0.2, -0.15) is 0 Å². The van der Waals surface area contributed by atoms with Crippen LogP contribution in [-0.4, -0.2) is 18.6 Å². The number of nitrogens with one attached hydrogen (secondary N) is 1. The van der Waals surface area contributed by atoms with Crippen LogP contribution in [-0.2, 0) is 4.79 Å². The maximum atomic E-state index is 12.0. The van der Waals surface area contributed by atoms with Crippen molar-refractivity contribution in [2.24, 2.45) is 11.7 Å². The molecule has 0 bridgehead atoms. The molecule has 1 fully saturated rings. The van der Waals surface area contributed by atoms with E-state index in [-0.39, 0.29) is 17.9 Å². The molecule has 0 aliphatic heterocycles. The quantitative estimate of drug-likeness (QED) is 0.858. The van der Waals surface area contributed by atoms with Crippen LogP contribution < -0.4 is 15.8 Å². The van der Waals surface area contributed by atoms with Gasteiger partial charge in [-0.25, -0.2) is 0 Å². The van der Waals surface area contributed by atoms with Crippen molar-refractivity contribution < 1.29 is 9.53 Å². The third-order valence-electron chi connectivity index (χ3n) is 3.26. The minimum Gasteiger partial charge on any atom is -0.494 e. The van der Waals surface area contributed by atoms with Gasteiger partial charge in [0.05, 0.1) is 6.61 Å². The molecule has 0 saturated heterocycles. The van der Waals surface area contributed by atoms with Crippen molar-refractivity contribution in [2.45, 2.75) is 32.2 Å². The van der Waals surface area contributed by atoms with E-state index in [0.29, 0.717) is 6.61 Å². The molecule has 1 saturated carbocycles. The van der Waals surface area contributed by atoms with E-state index >= 15 is 0 Å². The predicted octanol–water partition coefficient (Wildman–Crippen LogP) is 2.15. The molecule has 1 aliphatic rings. The van der Waals surface area contributed by atoms with Gasteiger partial charge in [-0.3, -0.25) is 4.79 Å². The molecule has 4 heteroatoms. The van der Waals surface area contributed by atoms with E-state index < -0.39 is 0 Å². The van der Waals surface area contributed by atoms with Crippen LogP contribution in [0, 0.1) is 5.92 Å². The topological polar surface area (TPSA) is 64.3 Å². The molecule has 0 spiro atoms. The zero-order valence-electron chi connectivity index (χ0n) is 10.7. The lowest BCUT2D eigenvalue weighted by molar-refractivity contribution is -0.119. The average Bonchev–Trinajstić information content (AvgIpc) is 2.77. The maximum absolute atomic E-state index is 12.0. The fraction of sp³-hybridized carbons (Fsp3) is 0.500. The number of hydrogen-bond donors (Lipinski definition) is 2. The Morgan fingerprint density at radius 2 is 2.33 bits per heavy atom. The van der Waals surface area contributed by atoms with Crippen molar-refractivity contribution in [2.75, 3.05) is 11.9 Å². The zero-order chi connectivity index (χ0) is 13.0. The van der Waals surface area contributed by atoms with Crippen molar-refractivity contribution in [1.29, 1.82) is 0 Å². The van der Waals surface area contributed by atoms with E-state index in [0.717, 1.165) is 30.7 Å². The van der Waals surface area contributed by atoms with Crippen molar-refractivity contribution in [3.63, 3.8) is 0 Å². The van der Waals surface area contributed by atoms with Crippen LogP contribution in [0.4, 0.5) is 5.69 Å². The monoisotopic (exact) mass is 248 g/mol. The Morgan fingerprint density at radius 1 is 1.50 bits per heavy atom. The van der Waals surface area contributed by atoms with Gasteiger partial charge in [0, 0.05) is 23.7 Å². The molecule has 1 aliphatic carbocycles. The standard InChI is InChI=1S/C14H20N2O2/c1-2-18-13-5-3-4-12(9-13)16-14(17)10-6-7-11(15)8-10/h3-5,9-11H,2,6-8,15H2,1H3,(H,16,17). The molecule has 2 atom stereocenters. The van der Waals surface area contributed by atoms with Crippen molar-refractivity contribution in [3.8, 4) is 5.75 Å². The summed E-state index contributed by atoms with van der Waals surface area (Å²) in [6, 6.07) is 7.65. The smallest absolute Gasteiger partial charge is 0.227 e. The van der Waals surface area contributed by atoms with E-state index in [1.807, 2.05) is 31.2 Å². The van der Waals surface area contributed by atoms with Crippen LogP contribution in [0.5, 0.6) is 5.75 Å². The van der Waals surface area contributed by atoms with Gasteiger partial charge in [0.2, 0.25) is 5.91 Å². The fourth-order valence-electron chi connectivity index (χ4n) is 2.33. The lowest BCUT2D eigenvalue weighted by Gasteiger charge is -2.11. The van der Waals surface area contributed by atoms with E-state index in [9.17, 15) is 4.79 Å². The molecule has 98 valence electrons. The van der Waals surface area contributed by atoms with Gasteiger partial charge in [-0.05, 0) is 38.3 Å². The number of anilines is 1. The molecule has 2 rings (SSSR count). The van der Waals surface area contributed by atoms with Crippen molar-refractivity contribution >= 4 is 11.6 Å². The van der Waals surface area contributed by atoms with Gasteiger partial charge in [0.25, 0.3) is 0 Å². The number of ether oxygens (including phenoxy) is 1. The van der Waals surface area contributed by atoms with Gasteiger partial charge in [0.1, 0.15) is 5.75 Å². The fourth-order valence-corrected chi connectivity index (χ4v) is 2.33. The summed E-state index contributed by atoms with van der Waals surface area (Å²) in [5, 5.41) is 2.93. The van der Waals surface area contributed by atoms with Gasteiger partial charge >= 0.3 is 0 Å². The summed E-state index contributed by atoms with van der Waals surface area (Å²) in [5.41, 5.74) is 6.60. The maximum Gasteiger partial charge on any atom is 0.227 e. The Hall–Kier alpha value is -1.55. The highest BCUT2D eigenvalue weighted by Gasteiger charge is 2.27. The van der Waals surface area contributed by atoms with E-state index in [4.69, 9.17) is 10.5 Å². The number of carbonyl (C=O) groups excluding carboxylic acids is 1. The van der Waals surface area contributed by atoms with Crippen LogP contribution >= 0.6 is 0 Å². The average molecular weight is 248 g/mol. The zero-order valence-corrected chi connectivity index (χ0v) is 10.7. The molecule has 1 aromatic carbocycles. The Labute approximate surface area is 108 Å². The van der Waals surface area contributed by atoms with Crippen molar-refractivity contribution in [1.82, 2.24) is 0 Å². The number of hydrogen-bond acceptors (Lipinski definition) is 3. The van der Waals surface area contributed by atoms with E-state index in [2.05, 4.69) is 5.32 Å². The summed E-state index contributed by atoms with van der Waals surface area (Å²) in [6.45, 7) is 2.56. The minimum atomic E-state index is 0.0516. The molecule has 1 aromatic rings. The van der Waals surface area contributed by atoms with E-state index in [1.54, 1.807) is 0 Å². The van der Waals surface area contributed by atoms with Crippen LogP contribution in [0.1, 0.15) is 26.2 Å². The molecule has 18 heavy (non-hydrogen) atoms. The SMILES string of the molecule is CCOc1cccc(NC(=O)C2CCC(N)C2)c1. The highest BCUT2D eigenvalue weighted by atomic mass is 16.5. The summed E-state index contributed by atoms with van der Waals surface area (Å²) < 4.78 is 5.40. The summed E-state index contributed by atoms with van der Waals surface area (Å²) in [7, 11) is 0. The van der Waals surface area contributed by atoms with Crippen LogP contribution in [0.3, 0.4) is 0 Å². The number of nitrogens with two attached hydrogens (primary N) is 1. The first-order valence-electron chi connectivity index (χ1n) is 6.48. The first-order valence-corrected chi connectivity index (χ1v) is 6.48. The second-order valence-electron chi connectivity index (χ2n) is 4.72. The minimum absolute atomic E-state index is 0.0516. The largest absolute Gasteiger partial charge is 0.494 e. The van der Waals surface area contributed by atoms with Gasteiger partial charge < -0.3 is 15.8 Å². The lowest BCUT2D eigenvalue weighted by Crippen LogP contribution is -2.23. The summed E-state index contributed by atoms with van der Waals surface area (Å²) >= 11 is 0. The molecule has 0 radical (unpaired) electrons. The number of carbonyl (C=O) groups is 1. The second kappa shape index (κ2) is 5.87. The predicted molar refractivity (Wildman–Crippen MR) is 71.6 cm³/mol. The van der Waals surface area contributed by atoms with Gasteiger partial charge in [-0.15, -0.1) is 0 Å². The summed E-state index contributed by atoms with van der Waals surface area (Å²) in [4.78, 5) is 12.0. The number of benzene rings is 1. The molecule has 0 heterocycles. The molecule has 2 unspecified atom stereocenters. The molecule has 0 aromatic heterocycles. The third-order valence-corrected chi connectivity index (χ3v) is 3.26. The molecule has 3 N–H and O–H groups in total. The molecule has 4 nitrogen and oxygen atoms in total. The third kappa shape index (κ3) is 3.23. The first-order chi connectivity index (χ1) is 8.69. The van der Waals surface area contributed by atoms with E-state index in [1.165, 1.54) is 0 Å². The molecule has 1 amide bonds. The second-order valence-corrected chi connectivity index (χ2v) is 4.72. The van der Waals surface area contributed by atoms with Gasteiger partial charge in [0.15, 0.2) is 0 Å². The summed E-state index contributed by atoms with van der Waals surface area (Å²) in [5.74, 6) is 0.894. The van der Waals surface area contributed by atoms with Crippen LogP contribution in [0.15, 0.2) is 24.3 Å². The number of amides is 1. The Kier molecular flexibility index (Phi) is 4.20. The van der Waals surface area contributed by atoms with Gasteiger partial charge in [-0.1, -0.05) is 6.07 Å². The first kappa shape index (κ1) is 12.9. The van der Waals surface area contributed by atoms with Crippen LogP contribution in [0.2, 0.25) is 0 Å². The van der Waals surface area contributed by atoms with Crippen molar-refractivity contribution in [3.05, 3.63) is 24.3 Å².